The van der Waals surface area contributed by atoms with E-state index in [1.165, 1.54) is 37.6 Å². The zero-order chi connectivity index (χ0) is 26.7. The topological polar surface area (TPSA) is 83.6 Å². The molecule has 2 amide bonds. The molecule has 0 aliphatic carbocycles. The number of aromatic nitrogens is 1. The van der Waals surface area contributed by atoms with Gasteiger partial charge in [0.25, 0.3) is 5.91 Å². The fourth-order valence-electron chi connectivity index (χ4n) is 4.13. The number of carbonyl (C=O) groups is 2. The Morgan fingerprint density at radius 1 is 1.05 bits per heavy atom. The van der Waals surface area contributed by atoms with E-state index in [4.69, 9.17) is 16.3 Å². The SMILES string of the molecule is O=C(/C=C/c1cccc(Oc2ccnc(C(=O)NCCN3CCCCC3)c2)c1)Nc1ccc(Cl)c(CF)c1. The lowest BCUT2D eigenvalue weighted by Gasteiger charge is -2.26. The number of ether oxygens (including phenoxy) is 1. The number of amides is 2. The molecule has 0 atom stereocenters. The zero-order valence-corrected chi connectivity index (χ0v) is 21.7. The summed E-state index contributed by atoms with van der Waals surface area (Å²) in [5.41, 5.74) is 1.79. The van der Waals surface area contributed by atoms with E-state index in [1.807, 2.05) is 6.07 Å². The van der Waals surface area contributed by atoms with E-state index in [0.29, 0.717) is 34.3 Å². The van der Waals surface area contributed by atoms with Crippen molar-refractivity contribution in [2.75, 3.05) is 31.5 Å². The van der Waals surface area contributed by atoms with Gasteiger partial charge in [0.2, 0.25) is 5.91 Å². The number of anilines is 1. The number of nitrogens with zero attached hydrogens (tertiary/aromatic N) is 2. The maximum absolute atomic E-state index is 13.0. The van der Waals surface area contributed by atoms with Crippen molar-refractivity contribution in [3.05, 3.63) is 88.7 Å². The summed E-state index contributed by atoms with van der Waals surface area (Å²) in [5, 5.41) is 5.93. The highest BCUT2D eigenvalue weighted by Crippen LogP contribution is 2.24. The van der Waals surface area contributed by atoms with Gasteiger partial charge in [0.1, 0.15) is 23.9 Å². The van der Waals surface area contributed by atoms with Gasteiger partial charge in [-0.3, -0.25) is 14.6 Å². The number of nitrogens with one attached hydrogen (secondary N) is 2. The minimum absolute atomic E-state index is 0.241. The minimum Gasteiger partial charge on any atom is -0.457 e. The molecular weight excluding hydrogens is 507 g/mol. The molecule has 1 fully saturated rings. The summed E-state index contributed by atoms with van der Waals surface area (Å²) in [6, 6.07) is 15.1. The van der Waals surface area contributed by atoms with Crippen molar-refractivity contribution >= 4 is 35.2 Å². The molecule has 9 heteroatoms. The molecule has 0 bridgehead atoms. The Balaban J connectivity index is 1.31. The quantitative estimate of drug-likeness (QED) is 0.317. The Labute approximate surface area is 226 Å². The molecule has 198 valence electrons. The molecule has 7 nitrogen and oxygen atoms in total. The summed E-state index contributed by atoms with van der Waals surface area (Å²) in [6.07, 6.45) is 8.26. The lowest BCUT2D eigenvalue weighted by molar-refractivity contribution is -0.111. The summed E-state index contributed by atoms with van der Waals surface area (Å²) in [5.74, 6) is 0.412. The van der Waals surface area contributed by atoms with E-state index in [9.17, 15) is 14.0 Å². The molecule has 2 aromatic carbocycles. The lowest BCUT2D eigenvalue weighted by atomic mass is 10.1. The summed E-state index contributed by atoms with van der Waals surface area (Å²) in [6.45, 7) is 2.86. The minimum atomic E-state index is -0.715. The van der Waals surface area contributed by atoms with Crippen LogP contribution in [0.5, 0.6) is 11.5 Å². The second-order valence-corrected chi connectivity index (χ2v) is 9.38. The highest BCUT2D eigenvalue weighted by Gasteiger charge is 2.12. The molecule has 0 saturated carbocycles. The van der Waals surface area contributed by atoms with Gasteiger partial charge in [0.15, 0.2) is 0 Å². The number of benzene rings is 2. The Kier molecular flexibility index (Phi) is 9.84. The molecule has 2 heterocycles. The number of halogens is 2. The fourth-order valence-corrected chi connectivity index (χ4v) is 4.30. The van der Waals surface area contributed by atoms with Gasteiger partial charge >= 0.3 is 0 Å². The van der Waals surface area contributed by atoms with Crippen LogP contribution in [0.3, 0.4) is 0 Å². The number of hydrogen-bond donors (Lipinski definition) is 2. The summed E-state index contributed by atoms with van der Waals surface area (Å²) in [7, 11) is 0. The molecule has 1 aliphatic heterocycles. The Hall–Kier alpha value is -3.75. The normalized spacial score (nSPS) is 13.8. The first kappa shape index (κ1) is 27.3. The van der Waals surface area contributed by atoms with Gasteiger partial charge in [-0.05, 0) is 74.0 Å². The van der Waals surface area contributed by atoms with Crippen LogP contribution in [0.25, 0.3) is 6.08 Å². The van der Waals surface area contributed by atoms with Crippen LogP contribution >= 0.6 is 11.6 Å². The van der Waals surface area contributed by atoms with Crippen molar-refractivity contribution in [2.24, 2.45) is 0 Å². The van der Waals surface area contributed by atoms with Gasteiger partial charge in [-0.25, -0.2) is 4.39 Å². The van der Waals surface area contributed by atoms with Crippen molar-refractivity contribution in [1.82, 2.24) is 15.2 Å². The van der Waals surface area contributed by atoms with Crippen LogP contribution in [0.1, 0.15) is 40.9 Å². The summed E-state index contributed by atoms with van der Waals surface area (Å²) in [4.78, 5) is 31.4. The molecule has 1 aromatic heterocycles. The maximum Gasteiger partial charge on any atom is 0.270 e. The van der Waals surface area contributed by atoms with Crippen molar-refractivity contribution in [3.63, 3.8) is 0 Å². The van der Waals surface area contributed by atoms with Crippen molar-refractivity contribution in [2.45, 2.75) is 25.9 Å². The third-order valence-electron chi connectivity index (χ3n) is 6.10. The van der Waals surface area contributed by atoms with Gasteiger partial charge in [-0.2, -0.15) is 0 Å². The average Bonchev–Trinajstić information content (AvgIpc) is 2.94. The maximum atomic E-state index is 13.0. The predicted octanol–water partition coefficient (Wildman–Crippen LogP) is 5.86. The molecular formula is C29H30ClFN4O3. The predicted molar refractivity (Wildman–Crippen MR) is 147 cm³/mol. The van der Waals surface area contributed by atoms with Crippen molar-refractivity contribution < 1.29 is 18.7 Å². The van der Waals surface area contributed by atoms with Crippen LogP contribution in [0.15, 0.2) is 66.9 Å². The molecule has 38 heavy (non-hydrogen) atoms. The van der Waals surface area contributed by atoms with E-state index >= 15 is 0 Å². The molecule has 4 rings (SSSR count). The first-order valence-electron chi connectivity index (χ1n) is 12.6. The molecule has 0 radical (unpaired) electrons. The second kappa shape index (κ2) is 13.7. The standard InChI is InChI=1S/C29H30ClFN4O3/c30-26-9-8-23(18-22(26)20-31)34-28(36)10-7-21-5-4-6-24(17-21)38-25-11-12-32-27(19-25)29(37)33-13-16-35-14-2-1-3-15-35/h4-12,17-19H,1-3,13-16,20H2,(H,33,37)(H,34,36)/b10-7+. The number of pyridine rings is 1. The number of rotatable bonds is 10. The van der Waals surface area contributed by atoms with Gasteiger partial charge < -0.3 is 20.3 Å². The van der Waals surface area contributed by atoms with E-state index in [-0.39, 0.29) is 17.5 Å². The Morgan fingerprint density at radius 2 is 1.87 bits per heavy atom. The van der Waals surface area contributed by atoms with E-state index in [1.54, 1.807) is 48.5 Å². The fraction of sp³-hybridized carbons (Fsp3) is 0.276. The lowest BCUT2D eigenvalue weighted by Crippen LogP contribution is -2.37. The first-order valence-corrected chi connectivity index (χ1v) is 13.0. The van der Waals surface area contributed by atoms with Gasteiger partial charge in [-0.15, -0.1) is 0 Å². The summed E-state index contributed by atoms with van der Waals surface area (Å²) < 4.78 is 18.9. The Bertz CT molecular complexity index is 1290. The highest BCUT2D eigenvalue weighted by molar-refractivity contribution is 6.31. The van der Waals surface area contributed by atoms with Gasteiger partial charge in [0.05, 0.1) is 0 Å². The highest BCUT2D eigenvalue weighted by atomic mass is 35.5. The second-order valence-electron chi connectivity index (χ2n) is 8.97. The summed E-state index contributed by atoms with van der Waals surface area (Å²) >= 11 is 5.91. The molecule has 0 spiro atoms. The number of alkyl halides is 1. The van der Waals surface area contributed by atoms with Crippen molar-refractivity contribution in [3.8, 4) is 11.5 Å². The molecule has 1 saturated heterocycles. The first-order chi connectivity index (χ1) is 18.5. The van der Waals surface area contributed by atoms with Crippen molar-refractivity contribution in [1.29, 1.82) is 0 Å². The van der Waals surface area contributed by atoms with Crippen LogP contribution < -0.4 is 15.4 Å². The third kappa shape index (κ3) is 8.13. The Morgan fingerprint density at radius 3 is 2.68 bits per heavy atom. The number of piperidine rings is 1. The average molecular weight is 537 g/mol. The monoisotopic (exact) mass is 536 g/mol. The van der Waals surface area contributed by atoms with Crippen LogP contribution in [0, 0.1) is 0 Å². The van der Waals surface area contributed by atoms with Crippen LogP contribution in [-0.4, -0.2) is 47.9 Å². The molecule has 2 N–H and O–H groups in total. The van der Waals surface area contributed by atoms with Crippen LogP contribution in [0.2, 0.25) is 5.02 Å². The number of carbonyl (C=O) groups excluding carboxylic acids is 2. The van der Waals surface area contributed by atoms with E-state index < -0.39 is 6.67 Å². The number of likely N-dealkylation sites (tertiary alicyclic amines) is 1. The van der Waals surface area contributed by atoms with Gasteiger partial charge in [0, 0.05) is 47.7 Å². The van der Waals surface area contributed by atoms with Crippen LogP contribution in [0.4, 0.5) is 10.1 Å². The third-order valence-corrected chi connectivity index (χ3v) is 6.47. The number of hydrogen-bond acceptors (Lipinski definition) is 5. The molecule has 1 aliphatic rings. The van der Waals surface area contributed by atoms with Gasteiger partial charge in [-0.1, -0.05) is 30.2 Å². The molecule has 0 unspecified atom stereocenters. The van der Waals surface area contributed by atoms with Crippen LogP contribution in [-0.2, 0) is 11.5 Å². The molecule has 3 aromatic rings. The smallest absolute Gasteiger partial charge is 0.270 e. The zero-order valence-electron chi connectivity index (χ0n) is 21.0. The van der Waals surface area contributed by atoms with E-state index in [2.05, 4.69) is 20.5 Å². The largest absolute Gasteiger partial charge is 0.457 e. The van der Waals surface area contributed by atoms with E-state index in [0.717, 1.165) is 25.2 Å².